The molecule has 0 aliphatic rings. The van der Waals surface area contributed by atoms with E-state index < -0.39 is 5.97 Å². The molecule has 0 unspecified atom stereocenters. The summed E-state index contributed by atoms with van der Waals surface area (Å²) in [6, 6.07) is 6.44. The lowest BCUT2D eigenvalue weighted by Crippen LogP contribution is -2.08. The molecule has 0 saturated carbocycles. The summed E-state index contributed by atoms with van der Waals surface area (Å²) < 4.78 is 6.38. The van der Waals surface area contributed by atoms with E-state index in [1.807, 2.05) is 6.92 Å². The second-order valence-corrected chi connectivity index (χ2v) is 6.62. The number of aryl methyl sites for hydroxylation is 1. The number of ether oxygens (including phenoxy) is 1. The Kier molecular flexibility index (Phi) is 6.58. The molecule has 0 aliphatic carbocycles. The molecular weight excluding hydrogens is 354 g/mol. The van der Waals surface area contributed by atoms with E-state index in [4.69, 9.17) is 11.6 Å². The molecule has 0 spiro atoms. The molecule has 2 rings (SSSR count). The van der Waals surface area contributed by atoms with Crippen molar-refractivity contribution >= 4 is 35.2 Å². The first-order valence-electron chi connectivity index (χ1n) is 8.22. The Hall–Kier alpha value is -2.60. The maximum absolute atomic E-state index is 12.1. The highest BCUT2D eigenvalue weighted by molar-refractivity contribution is 6.31. The third kappa shape index (κ3) is 4.95. The highest BCUT2D eigenvalue weighted by Crippen LogP contribution is 2.22. The molecule has 1 heterocycles. The standard InChI is InChI=1S/C19H22ClN3O3/c1-12(2)11-23-18(20)16(13(3)22-23)9-10-17(24)21-15-7-5-14(6-8-15)19(25)26-4/h5-10,12H,11H2,1-4H3,(H,21,24)/b10-9+. The maximum atomic E-state index is 12.1. The number of carbonyl (C=O) groups is 2. The van der Waals surface area contributed by atoms with Gasteiger partial charge in [0.25, 0.3) is 0 Å². The largest absolute Gasteiger partial charge is 0.465 e. The van der Waals surface area contributed by atoms with E-state index in [2.05, 4.69) is 29.0 Å². The van der Waals surface area contributed by atoms with E-state index in [0.717, 1.165) is 11.3 Å². The van der Waals surface area contributed by atoms with Gasteiger partial charge in [0.1, 0.15) is 5.15 Å². The zero-order valence-corrected chi connectivity index (χ0v) is 16.0. The van der Waals surface area contributed by atoms with Gasteiger partial charge in [0.2, 0.25) is 5.91 Å². The van der Waals surface area contributed by atoms with Crippen LogP contribution >= 0.6 is 11.6 Å². The molecule has 0 atom stereocenters. The highest BCUT2D eigenvalue weighted by atomic mass is 35.5. The summed E-state index contributed by atoms with van der Waals surface area (Å²) in [6.45, 7) is 6.74. The first-order valence-corrected chi connectivity index (χ1v) is 8.60. The molecule has 26 heavy (non-hydrogen) atoms. The van der Waals surface area contributed by atoms with Crippen LogP contribution < -0.4 is 5.32 Å². The summed E-state index contributed by atoms with van der Waals surface area (Å²) >= 11 is 6.35. The number of methoxy groups -OCH3 is 1. The van der Waals surface area contributed by atoms with Crippen molar-refractivity contribution in [1.82, 2.24) is 9.78 Å². The van der Waals surface area contributed by atoms with Crippen LogP contribution in [0.2, 0.25) is 5.15 Å². The van der Waals surface area contributed by atoms with Crippen LogP contribution in [0.4, 0.5) is 5.69 Å². The van der Waals surface area contributed by atoms with E-state index >= 15 is 0 Å². The lowest BCUT2D eigenvalue weighted by atomic mass is 10.2. The number of nitrogens with zero attached hydrogens (tertiary/aromatic N) is 2. The topological polar surface area (TPSA) is 73.2 Å². The van der Waals surface area contributed by atoms with E-state index in [1.165, 1.54) is 13.2 Å². The smallest absolute Gasteiger partial charge is 0.337 e. The molecule has 138 valence electrons. The van der Waals surface area contributed by atoms with Crippen LogP contribution in [-0.2, 0) is 16.1 Å². The molecule has 0 saturated heterocycles. The molecule has 1 aromatic heterocycles. The van der Waals surface area contributed by atoms with Gasteiger partial charge in [0, 0.05) is 23.9 Å². The molecule has 2 aromatic rings. The van der Waals surface area contributed by atoms with Gasteiger partial charge in [0.05, 0.1) is 18.4 Å². The van der Waals surface area contributed by atoms with Gasteiger partial charge in [-0.2, -0.15) is 5.10 Å². The Morgan fingerprint density at radius 1 is 1.31 bits per heavy atom. The molecule has 0 bridgehead atoms. The van der Waals surface area contributed by atoms with Crippen molar-refractivity contribution in [2.75, 3.05) is 12.4 Å². The lowest BCUT2D eigenvalue weighted by molar-refractivity contribution is -0.111. The van der Waals surface area contributed by atoms with E-state index in [0.29, 0.717) is 28.9 Å². The predicted octanol–water partition coefficient (Wildman–Crippen LogP) is 3.94. The number of amides is 1. The van der Waals surface area contributed by atoms with Gasteiger partial charge in [-0.25, -0.2) is 4.79 Å². The van der Waals surface area contributed by atoms with Crippen molar-refractivity contribution in [1.29, 1.82) is 0 Å². The van der Waals surface area contributed by atoms with Crippen LogP contribution in [0.1, 0.15) is 35.5 Å². The average molecular weight is 376 g/mol. The minimum absolute atomic E-state index is 0.303. The SMILES string of the molecule is COC(=O)c1ccc(NC(=O)/C=C/c2c(C)nn(CC(C)C)c2Cl)cc1. The van der Waals surface area contributed by atoms with Crippen molar-refractivity contribution in [2.45, 2.75) is 27.3 Å². The second-order valence-electron chi connectivity index (χ2n) is 6.26. The van der Waals surface area contributed by atoms with Crippen LogP contribution in [0.3, 0.4) is 0 Å². The Balaban J connectivity index is 2.06. The van der Waals surface area contributed by atoms with E-state index in [1.54, 1.807) is 35.0 Å². The van der Waals surface area contributed by atoms with Crippen LogP contribution in [-0.4, -0.2) is 28.8 Å². The van der Waals surface area contributed by atoms with Gasteiger partial charge < -0.3 is 10.1 Å². The minimum Gasteiger partial charge on any atom is -0.465 e. The number of rotatable bonds is 6. The van der Waals surface area contributed by atoms with Crippen molar-refractivity contribution in [2.24, 2.45) is 5.92 Å². The van der Waals surface area contributed by atoms with Gasteiger partial charge in [-0.15, -0.1) is 0 Å². The van der Waals surface area contributed by atoms with Gasteiger partial charge >= 0.3 is 5.97 Å². The first-order chi connectivity index (χ1) is 12.3. The molecule has 0 aliphatic heterocycles. The Morgan fingerprint density at radius 2 is 1.96 bits per heavy atom. The molecule has 1 aromatic carbocycles. The minimum atomic E-state index is -0.425. The first kappa shape index (κ1) is 19.7. The molecular formula is C19H22ClN3O3. The van der Waals surface area contributed by atoms with Crippen LogP contribution in [0.15, 0.2) is 30.3 Å². The van der Waals surface area contributed by atoms with Crippen molar-refractivity contribution < 1.29 is 14.3 Å². The second kappa shape index (κ2) is 8.67. The fourth-order valence-electron chi connectivity index (χ4n) is 2.37. The van der Waals surface area contributed by atoms with Crippen LogP contribution in [0.5, 0.6) is 0 Å². The average Bonchev–Trinajstić information content (AvgIpc) is 2.86. The van der Waals surface area contributed by atoms with Crippen molar-refractivity contribution in [3.8, 4) is 0 Å². The third-order valence-electron chi connectivity index (χ3n) is 3.62. The Labute approximate surface area is 157 Å². The number of carbonyl (C=O) groups excluding carboxylic acids is 2. The normalized spacial score (nSPS) is 11.2. The van der Waals surface area contributed by atoms with E-state index in [-0.39, 0.29) is 5.91 Å². The summed E-state index contributed by atoms with van der Waals surface area (Å²) in [4.78, 5) is 23.5. The number of benzene rings is 1. The Morgan fingerprint density at radius 3 is 2.54 bits per heavy atom. The number of aromatic nitrogens is 2. The van der Waals surface area contributed by atoms with Gasteiger partial charge in [-0.05, 0) is 43.2 Å². The molecule has 0 radical (unpaired) electrons. The number of esters is 1. The van der Waals surface area contributed by atoms with Gasteiger partial charge in [-0.3, -0.25) is 9.48 Å². The van der Waals surface area contributed by atoms with E-state index in [9.17, 15) is 9.59 Å². The maximum Gasteiger partial charge on any atom is 0.337 e. The number of halogens is 1. The Bertz CT molecular complexity index is 823. The number of anilines is 1. The zero-order valence-electron chi connectivity index (χ0n) is 15.2. The van der Waals surface area contributed by atoms with Gasteiger partial charge in [0.15, 0.2) is 0 Å². The molecule has 1 N–H and O–H groups in total. The van der Waals surface area contributed by atoms with Crippen molar-refractivity contribution in [3.05, 3.63) is 52.3 Å². The van der Waals surface area contributed by atoms with Gasteiger partial charge in [-0.1, -0.05) is 25.4 Å². The number of hydrogen-bond acceptors (Lipinski definition) is 4. The summed E-state index contributed by atoms with van der Waals surface area (Å²) in [6.07, 6.45) is 3.06. The molecule has 7 heteroatoms. The quantitative estimate of drug-likeness (QED) is 0.613. The molecule has 6 nitrogen and oxygen atoms in total. The summed E-state index contributed by atoms with van der Waals surface area (Å²) in [5.41, 5.74) is 2.48. The lowest BCUT2D eigenvalue weighted by Gasteiger charge is -2.05. The zero-order chi connectivity index (χ0) is 19.3. The van der Waals surface area contributed by atoms with Crippen LogP contribution in [0, 0.1) is 12.8 Å². The molecule has 0 fully saturated rings. The summed E-state index contributed by atoms with van der Waals surface area (Å²) in [7, 11) is 1.32. The van der Waals surface area contributed by atoms with Crippen LogP contribution in [0.25, 0.3) is 6.08 Å². The molecule has 1 amide bonds. The summed E-state index contributed by atoms with van der Waals surface area (Å²) in [5, 5.41) is 7.65. The summed E-state index contributed by atoms with van der Waals surface area (Å²) in [5.74, 6) is -0.311. The monoisotopic (exact) mass is 375 g/mol. The predicted molar refractivity (Wildman–Crippen MR) is 102 cm³/mol. The fraction of sp³-hybridized carbons (Fsp3) is 0.316. The number of nitrogens with one attached hydrogen (secondary N) is 1. The van der Waals surface area contributed by atoms with Crippen molar-refractivity contribution in [3.63, 3.8) is 0 Å². The third-order valence-corrected chi connectivity index (χ3v) is 4.02. The fourth-order valence-corrected chi connectivity index (χ4v) is 2.68. The highest BCUT2D eigenvalue weighted by Gasteiger charge is 2.12. The number of hydrogen-bond donors (Lipinski definition) is 1.